The van der Waals surface area contributed by atoms with Crippen molar-refractivity contribution in [2.45, 2.75) is 19.4 Å². The van der Waals surface area contributed by atoms with E-state index in [1.54, 1.807) is 0 Å². The van der Waals surface area contributed by atoms with Gasteiger partial charge in [0.15, 0.2) is 0 Å². The van der Waals surface area contributed by atoms with Gasteiger partial charge in [0, 0.05) is 44.2 Å². The number of nitrogens with zero attached hydrogens (tertiary/aromatic N) is 4. The molecule has 1 N–H and O–H groups in total. The highest BCUT2D eigenvalue weighted by Gasteiger charge is 2.32. The van der Waals surface area contributed by atoms with Crippen LogP contribution < -0.4 is 4.90 Å². The van der Waals surface area contributed by atoms with Crippen LogP contribution in [-0.4, -0.2) is 64.5 Å². The quantitative estimate of drug-likeness (QED) is 0.677. The van der Waals surface area contributed by atoms with Crippen molar-refractivity contribution in [1.29, 1.82) is 0 Å². The first-order chi connectivity index (χ1) is 15.3. The molecule has 3 aromatic rings. The normalized spacial score (nSPS) is 21.9. The molecule has 0 bridgehead atoms. The van der Waals surface area contributed by atoms with Crippen LogP contribution in [0.1, 0.15) is 18.4 Å². The van der Waals surface area contributed by atoms with E-state index in [-0.39, 0.29) is 5.92 Å². The predicted octanol–water partition coefficient (Wildman–Crippen LogP) is 1.32. The van der Waals surface area contributed by atoms with Gasteiger partial charge < -0.3 is 19.1 Å². The molecule has 2 saturated heterocycles. The summed E-state index contributed by atoms with van der Waals surface area (Å²) in [4.78, 5) is 16.3. The molecule has 2 aliphatic rings. The number of likely N-dealkylation sites (tertiary alicyclic amines) is 1. The number of nitrogens with one attached hydrogen (secondary N) is 1. The SMILES string of the molecule is O=C(C1CC[NH+](Cc2cnn(-c3ccccc3)c2-n2cccc2)CC1)N1CCOCC1. The molecule has 7 nitrogen and oxygen atoms in total. The number of carbonyl (C=O) groups excluding carboxylic acids is 1. The second-order valence-corrected chi connectivity index (χ2v) is 8.47. The number of hydrogen-bond acceptors (Lipinski definition) is 3. The van der Waals surface area contributed by atoms with E-state index < -0.39 is 0 Å². The van der Waals surface area contributed by atoms with E-state index in [1.807, 2.05) is 46.1 Å². The highest BCUT2D eigenvalue weighted by molar-refractivity contribution is 5.79. The summed E-state index contributed by atoms with van der Waals surface area (Å²) in [6, 6.07) is 14.4. The third-order valence-corrected chi connectivity index (χ3v) is 6.47. The van der Waals surface area contributed by atoms with E-state index in [0.717, 1.165) is 57.1 Å². The van der Waals surface area contributed by atoms with Crippen LogP contribution in [0.15, 0.2) is 61.1 Å². The van der Waals surface area contributed by atoms with Gasteiger partial charge in [-0.25, -0.2) is 4.68 Å². The van der Waals surface area contributed by atoms with Crippen molar-refractivity contribution in [2.75, 3.05) is 39.4 Å². The number of piperidine rings is 1. The van der Waals surface area contributed by atoms with E-state index in [2.05, 4.69) is 29.1 Å². The highest BCUT2D eigenvalue weighted by Crippen LogP contribution is 2.20. The molecule has 2 aromatic heterocycles. The number of ether oxygens (including phenoxy) is 1. The van der Waals surface area contributed by atoms with Gasteiger partial charge in [-0.15, -0.1) is 0 Å². The summed E-state index contributed by atoms with van der Waals surface area (Å²) in [5, 5.41) is 4.72. The second-order valence-electron chi connectivity index (χ2n) is 8.47. The number of para-hydroxylation sites is 1. The molecule has 0 unspecified atom stereocenters. The van der Waals surface area contributed by atoms with Gasteiger partial charge in [-0.1, -0.05) is 18.2 Å². The van der Waals surface area contributed by atoms with Gasteiger partial charge in [0.25, 0.3) is 0 Å². The largest absolute Gasteiger partial charge is 0.378 e. The standard InChI is InChI=1S/C24H29N5O2/c30-24(28-14-16-31-17-15-28)20-8-12-26(13-9-20)19-21-18-25-29(22-6-2-1-3-7-22)23(21)27-10-4-5-11-27/h1-7,10-11,18,20H,8-9,12-17,19H2/p+1. The van der Waals surface area contributed by atoms with Gasteiger partial charge in [0.05, 0.1) is 43.8 Å². The molecule has 5 rings (SSSR count). The Kier molecular flexibility index (Phi) is 5.86. The minimum atomic E-state index is 0.165. The first kappa shape index (κ1) is 20.0. The Morgan fingerprint density at radius 1 is 1.03 bits per heavy atom. The van der Waals surface area contributed by atoms with Crippen molar-refractivity contribution in [3.05, 3.63) is 66.6 Å². The molecular weight excluding hydrogens is 390 g/mol. The van der Waals surface area contributed by atoms with Crippen LogP contribution in [-0.2, 0) is 16.1 Å². The maximum atomic E-state index is 12.8. The summed E-state index contributed by atoms with van der Waals surface area (Å²) in [5.74, 6) is 1.58. The van der Waals surface area contributed by atoms with Gasteiger partial charge in [-0.3, -0.25) is 4.79 Å². The Bertz CT molecular complexity index is 984. The van der Waals surface area contributed by atoms with Crippen molar-refractivity contribution in [3.8, 4) is 11.5 Å². The molecule has 0 atom stereocenters. The van der Waals surface area contributed by atoms with Gasteiger partial charge in [0.1, 0.15) is 12.4 Å². The molecule has 162 valence electrons. The second kappa shape index (κ2) is 9.08. The van der Waals surface area contributed by atoms with Gasteiger partial charge in [0.2, 0.25) is 5.91 Å². The highest BCUT2D eigenvalue weighted by atomic mass is 16.5. The van der Waals surface area contributed by atoms with Gasteiger partial charge >= 0.3 is 0 Å². The van der Waals surface area contributed by atoms with Crippen LogP contribution in [0.25, 0.3) is 11.5 Å². The molecule has 2 aliphatic heterocycles. The molecule has 2 fully saturated rings. The Morgan fingerprint density at radius 3 is 2.45 bits per heavy atom. The monoisotopic (exact) mass is 420 g/mol. The molecule has 1 amide bonds. The zero-order valence-electron chi connectivity index (χ0n) is 17.8. The van der Waals surface area contributed by atoms with Crippen molar-refractivity contribution in [1.82, 2.24) is 19.2 Å². The van der Waals surface area contributed by atoms with Crippen LogP contribution >= 0.6 is 0 Å². The number of aromatic nitrogens is 3. The minimum Gasteiger partial charge on any atom is -0.378 e. The van der Waals surface area contributed by atoms with E-state index >= 15 is 0 Å². The van der Waals surface area contributed by atoms with E-state index in [9.17, 15) is 4.79 Å². The molecule has 1 aromatic carbocycles. The summed E-state index contributed by atoms with van der Waals surface area (Å²) in [6.07, 6.45) is 8.06. The molecule has 31 heavy (non-hydrogen) atoms. The number of hydrogen-bond donors (Lipinski definition) is 1. The Balaban J connectivity index is 1.29. The van der Waals surface area contributed by atoms with Crippen molar-refractivity contribution < 1.29 is 14.4 Å². The van der Waals surface area contributed by atoms with Crippen LogP contribution in [0.2, 0.25) is 0 Å². The van der Waals surface area contributed by atoms with Crippen LogP contribution in [0.5, 0.6) is 0 Å². The maximum Gasteiger partial charge on any atom is 0.226 e. The lowest BCUT2D eigenvalue weighted by Gasteiger charge is -2.34. The third-order valence-electron chi connectivity index (χ3n) is 6.47. The lowest BCUT2D eigenvalue weighted by atomic mass is 9.95. The molecule has 0 aliphatic carbocycles. The molecule has 0 saturated carbocycles. The summed E-state index contributed by atoms with van der Waals surface area (Å²) in [7, 11) is 0. The van der Waals surface area contributed by atoms with E-state index in [1.165, 1.54) is 10.5 Å². The number of morpholine rings is 1. The average Bonchev–Trinajstić information content (AvgIpc) is 3.50. The zero-order chi connectivity index (χ0) is 21.0. The van der Waals surface area contributed by atoms with Crippen molar-refractivity contribution in [3.63, 3.8) is 0 Å². The Hall–Kier alpha value is -2.90. The molecule has 0 spiro atoms. The maximum absolute atomic E-state index is 12.8. The topological polar surface area (TPSA) is 56.7 Å². The number of carbonyl (C=O) groups is 1. The fourth-order valence-electron chi connectivity index (χ4n) is 4.77. The number of amides is 1. The van der Waals surface area contributed by atoms with Crippen LogP contribution in [0, 0.1) is 5.92 Å². The minimum absolute atomic E-state index is 0.165. The van der Waals surface area contributed by atoms with Crippen LogP contribution in [0.3, 0.4) is 0 Å². The van der Waals surface area contributed by atoms with Crippen molar-refractivity contribution in [2.24, 2.45) is 5.92 Å². The van der Waals surface area contributed by atoms with E-state index in [0.29, 0.717) is 19.1 Å². The first-order valence-corrected chi connectivity index (χ1v) is 11.3. The molecule has 4 heterocycles. The number of quaternary nitrogens is 1. The first-order valence-electron chi connectivity index (χ1n) is 11.3. The number of rotatable bonds is 5. The smallest absolute Gasteiger partial charge is 0.226 e. The molecular formula is C24H30N5O2+. The predicted molar refractivity (Wildman–Crippen MR) is 117 cm³/mol. The molecule has 0 radical (unpaired) electrons. The summed E-state index contributed by atoms with van der Waals surface area (Å²) in [6.45, 7) is 5.77. The van der Waals surface area contributed by atoms with Gasteiger partial charge in [-0.2, -0.15) is 5.10 Å². The lowest BCUT2D eigenvalue weighted by molar-refractivity contribution is -0.919. The van der Waals surface area contributed by atoms with Crippen molar-refractivity contribution >= 4 is 5.91 Å². The lowest BCUT2D eigenvalue weighted by Crippen LogP contribution is -3.11. The Labute approximate surface area is 182 Å². The molecule has 7 heteroatoms. The average molecular weight is 421 g/mol. The Morgan fingerprint density at radius 2 is 1.74 bits per heavy atom. The summed E-state index contributed by atoms with van der Waals surface area (Å²) < 4.78 is 9.55. The van der Waals surface area contributed by atoms with Gasteiger partial charge in [-0.05, 0) is 24.3 Å². The number of benzene rings is 1. The van der Waals surface area contributed by atoms with E-state index in [4.69, 9.17) is 9.84 Å². The summed E-state index contributed by atoms with van der Waals surface area (Å²) in [5.41, 5.74) is 2.29. The summed E-state index contributed by atoms with van der Waals surface area (Å²) >= 11 is 0. The fourth-order valence-corrected chi connectivity index (χ4v) is 4.77. The fraction of sp³-hybridized carbons (Fsp3) is 0.417. The third kappa shape index (κ3) is 4.29. The van der Waals surface area contributed by atoms with Crippen LogP contribution in [0.4, 0.5) is 0 Å². The zero-order valence-corrected chi connectivity index (χ0v) is 17.8.